The lowest BCUT2D eigenvalue weighted by atomic mass is 10.2. The van der Waals surface area contributed by atoms with Crippen molar-refractivity contribution in [3.8, 4) is 5.75 Å². The van der Waals surface area contributed by atoms with Gasteiger partial charge < -0.3 is 14.6 Å². The molecule has 0 aliphatic rings. The van der Waals surface area contributed by atoms with Crippen LogP contribution >= 0.6 is 0 Å². The Morgan fingerprint density at radius 3 is 2.89 bits per heavy atom. The van der Waals surface area contributed by atoms with Gasteiger partial charge in [0.2, 0.25) is 0 Å². The van der Waals surface area contributed by atoms with Crippen LogP contribution in [0.5, 0.6) is 5.75 Å². The van der Waals surface area contributed by atoms with Gasteiger partial charge in [0.15, 0.2) is 0 Å². The van der Waals surface area contributed by atoms with E-state index in [2.05, 4.69) is 10.5 Å². The lowest BCUT2D eigenvalue weighted by Crippen LogP contribution is -2.23. The van der Waals surface area contributed by atoms with Crippen molar-refractivity contribution >= 4 is 5.91 Å². The van der Waals surface area contributed by atoms with Crippen molar-refractivity contribution < 1.29 is 14.1 Å². The van der Waals surface area contributed by atoms with Crippen LogP contribution in [-0.2, 0) is 6.54 Å². The van der Waals surface area contributed by atoms with Gasteiger partial charge >= 0.3 is 0 Å². The number of amides is 1. The first kappa shape index (κ1) is 13.1. The fraction of sp³-hybridized carbons (Fsp3) is 0.286. The summed E-state index contributed by atoms with van der Waals surface area (Å²) in [5.74, 6) is 1.12. The van der Waals surface area contributed by atoms with Crippen molar-refractivity contribution in [1.29, 1.82) is 0 Å². The molecule has 0 bridgehead atoms. The second-order valence-electron chi connectivity index (χ2n) is 4.02. The molecule has 0 saturated carbocycles. The van der Waals surface area contributed by atoms with Crippen molar-refractivity contribution in [3.63, 3.8) is 0 Å². The maximum absolute atomic E-state index is 12.1. The third-order valence-corrected chi connectivity index (χ3v) is 2.72. The molecule has 5 heteroatoms. The second kappa shape index (κ2) is 6.04. The Bertz CT molecular complexity index is 563. The number of hydrogen-bond donors (Lipinski definition) is 1. The quantitative estimate of drug-likeness (QED) is 0.896. The average Bonchev–Trinajstić information content (AvgIpc) is 2.82. The fourth-order valence-electron chi connectivity index (χ4n) is 1.69. The molecule has 0 atom stereocenters. The summed E-state index contributed by atoms with van der Waals surface area (Å²) in [6.45, 7) is 4.60. The van der Waals surface area contributed by atoms with Gasteiger partial charge in [0, 0.05) is 12.1 Å². The van der Waals surface area contributed by atoms with Gasteiger partial charge in [-0.15, -0.1) is 0 Å². The normalized spacial score (nSPS) is 10.2. The van der Waals surface area contributed by atoms with Gasteiger partial charge in [0.25, 0.3) is 5.91 Å². The van der Waals surface area contributed by atoms with E-state index in [0.29, 0.717) is 30.2 Å². The Labute approximate surface area is 111 Å². The Hall–Kier alpha value is -2.30. The van der Waals surface area contributed by atoms with Crippen molar-refractivity contribution in [1.82, 2.24) is 10.5 Å². The molecule has 19 heavy (non-hydrogen) atoms. The summed E-state index contributed by atoms with van der Waals surface area (Å²) in [5.41, 5.74) is 1.39. The van der Waals surface area contributed by atoms with Gasteiger partial charge in [-0.2, -0.15) is 0 Å². The van der Waals surface area contributed by atoms with E-state index in [1.807, 2.05) is 26.0 Å². The standard InChI is InChI=1S/C14H16N2O3/c1-3-18-13-7-5-4-6-12(13)14(17)15-8-11-9-16-19-10(11)2/h4-7,9H,3,8H2,1-2H3,(H,15,17). The predicted molar refractivity (Wildman–Crippen MR) is 70.0 cm³/mol. The van der Waals surface area contributed by atoms with Crippen LogP contribution in [-0.4, -0.2) is 17.7 Å². The highest BCUT2D eigenvalue weighted by atomic mass is 16.5. The second-order valence-corrected chi connectivity index (χ2v) is 4.02. The minimum atomic E-state index is -0.176. The first-order valence-electron chi connectivity index (χ1n) is 6.12. The molecule has 0 unspecified atom stereocenters. The maximum Gasteiger partial charge on any atom is 0.255 e. The number of rotatable bonds is 5. The van der Waals surface area contributed by atoms with Crippen LogP contribution in [0.3, 0.4) is 0 Å². The van der Waals surface area contributed by atoms with Gasteiger partial charge in [0.1, 0.15) is 11.5 Å². The molecule has 0 spiro atoms. The third-order valence-electron chi connectivity index (χ3n) is 2.72. The minimum Gasteiger partial charge on any atom is -0.493 e. The Morgan fingerprint density at radius 2 is 2.21 bits per heavy atom. The van der Waals surface area contributed by atoms with Gasteiger partial charge in [-0.25, -0.2) is 0 Å². The number of ether oxygens (including phenoxy) is 1. The lowest BCUT2D eigenvalue weighted by molar-refractivity contribution is 0.0947. The zero-order valence-electron chi connectivity index (χ0n) is 11.0. The number of para-hydroxylation sites is 1. The van der Waals surface area contributed by atoms with E-state index in [-0.39, 0.29) is 5.91 Å². The molecule has 1 amide bonds. The molecule has 0 saturated heterocycles. The van der Waals surface area contributed by atoms with E-state index in [9.17, 15) is 4.79 Å². The molecule has 0 aliphatic carbocycles. The number of carbonyl (C=O) groups excluding carboxylic acids is 1. The summed E-state index contributed by atoms with van der Waals surface area (Å²) in [7, 11) is 0. The van der Waals surface area contributed by atoms with E-state index in [4.69, 9.17) is 9.26 Å². The molecule has 5 nitrogen and oxygen atoms in total. The van der Waals surface area contributed by atoms with Gasteiger partial charge in [-0.05, 0) is 26.0 Å². The largest absolute Gasteiger partial charge is 0.493 e. The lowest BCUT2D eigenvalue weighted by Gasteiger charge is -2.09. The van der Waals surface area contributed by atoms with Gasteiger partial charge in [-0.3, -0.25) is 4.79 Å². The van der Waals surface area contributed by atoms with E-state index in [1.165, 1.54) is 0 Å². The van der Waals surface area contributed by atoms with E-state index >= 15 is 0 Å². The van der Waals surface area contributed by atoms with Crippen LogP contribution in [0.25, 0.3) is 0 Å². The van der Waals surface area contributed by atoms with E-state index in [1.54, 1.807) is 18.3 Å². The summed E-state index contributed by atoms with van der Waals surface area (Å²) < 4.78 is 10.4. The molecule has 1 aromatic carbocycles. The molecular weight excluding hydrogens is 244 g/mol. The van der Waals surface area contributed by atoms with Crippen LogP contribution < -0.4 is 10.1 Å². The number of hydrogen-bond acceptors (Lipinski definition) is 4. The topological polar surface area (TPSA) is 64.4 Å². The maximum atomic E-state index is 12.1. The smallest absolute Gasteiger partial charge is 0.255 e. The average molecular weight is 260 g/mol. The molecule has 1 N–H and O–H groups in total. The van der Waals surface area contributed by atoms with Crippen molar-refractivity contribution in [2.75, 3.05) is 6.61 Å². The molecule has 1 aromatic heterocycles. The molecule has 100 valence electrons. The van der Waals surface area contributed by atoms with Gasteiger partial charge in [-0.1, -0.05) is 17.3 Å². The number of benzene rings is 1. The highest BCUT2D eigenvalue weighted by molar-refractivity contribution is 5.96. The summed E-state index contributed by atoms with van der Waals surface area (Å²) >= 11 is 0. The van der Waals surface area contributed by atoms with Crippen molar-refractivity contribution in [3.05, 3.63) is 47.3 Å². The molecule has 1 heterocycles. The number of nitrogens with one attached hydrogen (secondary N) is 1. The highest BCUT2D eigenvalue weighted by Crippen LogP contribution is 2.18. The summed E-state index contributed by atoms with van der Waals surface area (Å²) in [4.78, 5) is 12.1. The summed E-state index contributed by atoms with van der Waals surface area (Å²) in [6, 6.07) is 7.16. The van der Waals surface area contributed by atoms with Crippen molar-refractivity contribution in [2.24, 2.45) is 0 Å². The molecule has 2 rings (SSSR count). The third kappa shape index (κ3) is 3.13. The highest BCUT2D eigenvalue weighted by Gasteiger charge is 2.12. The van der Waals surface area contributed by atoms with E-state index < -0.39 is 0 Å². The summed E-state index contributed by atoms with van der Waals surface area (Å²) in [6.07, 6.45) is 1.60. The Morgan fingerprint density at radius 1 is 1.42 bits per heavy atom. The number of carbonyl (C=O) groups is 1. The van der Waals surface area contributed by atoms with Crippen LogP contribution in [0.4, 0.5) is 0 Å². The number of aryl methyl sites for hydroxylation is 1. The van der Waals surface area contributed by atoms with Gasteiger partial charge in [0.05, 0.1) is 18.4 Å². The first-order chi connectivity index (χ1) is 9.22. The molecular formula is C14H16N2O3. The SMILES string of the molecule is CCOc1ccccc1C(=O)NCc1cnoc1C. The monoisotopic (exact) mass is 260 g/mol. The predicted octanol–water partition coefficient (Wildman–Crippen LogP) is 2.31. The summed E-state index contributed by atoms with van der Waals surface area (Å²) in [5, 5.41) is 6.49. The Balaban J connectivity index is 2.06. The Kier molecular flexibility index (Phi) is 4.18. The molecule has 0 fully saturated rings. The zero-order chi connectivity index (χ0) is 13.7. The first-order valence-corrected chi connectivity index (χ1v) is 6.12. The van der Waals surface area contributed by atoms with E-state index in [0.717, 1.165) is 5.56 Å². The number of aromatic nitrogens is 1. The zero-order valence-corrected chi connectivity index (χ0v) is 11.0. The fourth-order valence-corrected chi connectivity index (χ4v) is 1.69. The van der Waals surface area contributed by atoms with Crippen LogP contribution in [0.2, 0.25) is 0 Å². The minimum absolute atomic E-state index is 0.176. The number of nitrogens with zero attached hydrogens (tertiary/aromatic N) is 1. The molecule has 0 radical (unpaired) electrons. The van der Waals surface area contributed by atoms with Crippen molar-refractivity contribution in [2.45, 2.75) is 20.4 Å². The van der Waals surface area contributed by atoms with Crippen LogP contribution in [0, 0.1) is 6.92 Å². The molecule has 2 aromatic rings. The van der Waals surface area contributed by atoms with Crippen LogP contribution in [0.1, 0.15) is 28.6 Å². The van der Waals surface area contributed by atoms with Crippen LogP contribution in [0.15, 0.2) is 35.0 Å². The molecule has 0 aliphatic heterocycles.